The summed E-state index contributed by atoms with van der Waals surface area (Å²) in [5.74, 6) is 1.33. The standard InChI is InChI=1S/C14H24Cl2O/c1-9-7-10(2)14(13(16)8-9)17-12-5-3-11(15)4-6-12/h9-14H,3-8H2,1-2H3. The molecule has 0 bridgehead atoms. The van der Waals surface area contributed by atoms with E-state index in [-0.39, 0.29) is 11.5 Å². The van der Waals surface area contributed by atoms with E-state index in [4.69, 9.17) is 27.9 Å². The van der Waals surface area contributed by atoms with Crippen LogP contribution in [0.25, 0.3) is 0 Å². The molecule has 2 aliphatic rings. The molecule has 17 heavy (non-hydrogen) atoms. The maximum atomic E-state index is 6.47. The Kier molecular flexibility index (Phi) is 5.03. The minimum atomic E-state index is 0.197. The lowest BCUT2D eigenvalue weighted by Gasteiger charge is -2.39. The van der Waals surface area contributed by atoms with Gasteiger partial charge in [-0.15, -0.1) is 23.2 Å². The van der Waals surface area contributed by atoms with Crippen LogP contribution < -0.4 is 0 Å². The molecular formula is C14H24Cl2O. The number of rotatable bonds is 2. The second-order valence-electron chi connectivity index (χ2n) is 6.04. The lowest BCUT2D eigenvalue weighted by molar-refractivity contribution is -0.0716. The first kappa shape index (κ1) is 14.0. The zero-order valence-corrected chi connectivity index (χ0v) is 12.4. The predicted octanol–water partition coefficient (Wildman–Crippen LogP) is 4.60. The van der Waals surface area contributed by atoms with E-state index >= 15 is 0 Å². The molecule has 100 valence electrons. The molecule has 2 rings (SSSR count). The summed E-state index contributed by atoms with van der Waals surface area (Å²) in [5.41, 5.74) is 0. The van der Waals surface area contributed by atoms with E-state index < -0.39 is 0 Å². The number of hydrogen-bond donors (Lipinski definition) is 0. The third kappa shape index (κ3) is 3.75. The Morgan fingerprint density at radius 1 is 0.941 bits per heavy atom. The molecule has 0 aromatic carbocycles. The molecule has 2 aliphatic carbocycles. The summed E-state index contributed by atoms with van der Waals surface area (Å²) in [6.07, 6.45) is 7.40. The molecule has 3 heteroatoms. The summed E-state index contributed by atoms with van der Waals surface area (Å²) in [7, 11) is 0. The fourth-order valence-electron chi connectivity index (χ4n) is 3.34. The third-order valence-electron chi connectivity index (χ3n) is 4.27. The van der Waals surface area contributed by atoms with Crippen LogP contribution in [-0.2, 0) is 4.74 Å². The van der Waals surface area contributed by atoms with Gasteiger partial charge in [-0.3, -0.25) is 0 Å². The minimum absolute atomic E-state index is 0.197. The molecular weight excluding hydrogens is 255 g/mol. The molecule has 4 atom stereocenters. The van der Waals surface area contributed by atoms with E-state index in [1.807, 2.05) is 0 Å². The molecule has 4 unspecified atom stereocenters. The van der Waals surface area contributed by atoms with Crippen molar-refractivity contribution in [3.8, 4) is 0 Å². The summed E-state index contributed by atoms with van der Waals surface area (Å²) in [6, 6.07) is 0. The van der Waals surface area contributed by atoms with Crippen LogP contribution in [0.4, 0.5) is 0 Å². The minimum Gasteiger partial charge on any atom is -0.373 e. The summed E-state index contributed by atoms with van der Waals surface area (Å²) < 4.78 is 6.26. The van der Waals surface area contributed by atoms with Crippen LogP contribution in [0.3, 0.4) is 0 Å². The van der Waals surface area contributed by atoms with Crippen LogP contribution in [0.5, 0.6) is 0 Å². The molecule has 0 aromatic rings. The van der Waals surface area contributed by atoms with Crippen LogP contribution in [0.1, 0.15) is 52.4 Å². The molecule has 2 fully saturated rings. The van der Waals surface area contributed by atoms with Crippen molar-refractivity contribution in [1.29, 1.82) is 0 Å². The van der Waals surface area contributed by atoms with Crippen molar-refractivity contribution in [1.82, 2.24) is 0 Å². The second kappa shape index (κ2) is 6.12. The summed E-state index contributed by atoms with van der Waals surface area (Å²) in [5, 5.41) is 0.563. The first-order valence-electron chi connectivity index (χ1n) is 7.00. The first-order valence-corrected chi connectivity index (χ1v) is 7.87. The van der Waals surface area contributed by atoms with Gasteiger partial charge in [0.1, 0.15) is 0 Å². The molecule has 0 amide bonds. The molecule has 0 spiro atoms. The fourth-order valence-corrected chi connectivity index (χ4v) is 4.20. The van der Waals surface area contributed by atoms with Gasteiger partial charge in [-0.2, -0.15) is 0 Å². The Balaban J connectivity index is 1.85. The monoisotopic (exact) mass is 278 g/mol. The van der Waals surface area contributed by atoms with Gasteiger partial charge in [-0.1, -0.05) is 13.8 Å². The van der Waals surface area contributed by atoms with Crippen LogP contribution >= 0.6 is 23.2 Å². The molecule has 0 radical (unpaired) electrons. The Labute approximate surface area is 115 Å². The van der Waals surface area contributed by atoms with Crippen LogP contribution in [0.2, 0.25) is 0 Å². The van der Waals surface area contributed by atoms with E-state index in [9.17, 15) is 0 Å². The Bertz CT molecular complexity index is 226. The Morgan fingerprint density at radius 3 is 2.18 bits per heavy atom. The van der Waals surface area contributed by atoms with Crippen LogP contribution in [0.15, 0.2) is 0 Å². The van der Waals surface area contributed by atoms with Gasteiger partial charge in [0, 0.05) is 5.38 Å². The zero-order valence-electron chi connectivity index (χ0n) is 10.9. The Hall–Kier alpha value is 0.540. The van der Waals surface area contributed by atoms with E-state index in [0.29, 0.717) is 17.4 Å². The van der Waals surface area contributed by atoms with E-state index in [0.717, 1.165) is 38.0 Å². The summed E-state index contributed by atoms with van der Waals surface area (Å²) in [4.78, 5) is 0. The SMILES string of the molecule is CC1CC(C)C(OC2CCC(Cl)CC2)C(Cl)C1. The van der Waals surface area contributed by atoms with Gasteiger partial charge in [0.15, 0.2) is 0 Å². The number of alkyl halides is 2. The highest BCUT2D eigenvalue weighted by atomic mass is 35.5. The fraction of sp³-hybridized carbons (Fsp3) is 1.00. The summed E-state index contributed by atoms with van der Waals surface area (Å²) >= 11 is 12.6. The molecule has 2 saturated carbocycles. The van der Waals surface area contributed by atoms with Crippen molar-refractivity contribution in [2.45, 2.75) is 75.3 Å². The predicted molar refractivity (Wildman–Crippen MR) is 74.0 cm³/mol. The van der Waals surface area contributed by atoms with Gasteiger partial charge in [0.05, 0.1) is 17.6 Å². The first-order chi connectivity index (χ1) is 8.06. The summed E-state index contributed by atoms with van der Waals surface area (Å²) in [6.45, 7) is 4.57. The topological polar surface area (TPSA) is 9.23 Å². The van der Waals surface area contributed by atoms with Crippen molar-refractivity contribution in [2.75, 3.05) is 0 Å². The molecule has 0 aromatic heterocycles. The quantitative estimate of drug-likeness (QED) is 0.671. The highest BCUT2D eigenvalue weighted by molar-refractivity contribution is 6.21. The number of hydrogen-bond acceptors (Lipinski definition) is 1. The van der Waals surface area contributed by atoms with Crippen molar-refractivity contribution in [2.24, 2.45) is 11.8 Å². The van der Waals surface area contributed by atoms with Crippen molar-refractivity contribution < 1.29 is 4.74 Å². The van der Waals surface area contributed by atoms with Crippen LogP contribution in [0, 0.1) is 11.8 Å². The molecule has 0 N–H and O–H groups in total. The maximum absolute atomic E-state index is 6.47. The average Bonchev–Trinajstić information content (AvgIpc) is 2.26. The highest BCUT2D eigenvalue weighted by Crippen LogP contribution is 2.36. The molecule has 1 nitrogen and oxygen atoms in total. The second-order valence-corrected chi connectivity index (χ2v) is 7.22. The largest absolute Gasteiger partial charge is 0.373 e. The lowest BCUT2D eigenvalue weighted by Crippen LogP contribution is -2.41. The number of halogens is 2. The van der Waals surface area contributed by atoms with Gasteiger partial charge in [-0.05, 0) is 50.4 Å². The number of ether oxygens (including phenoxy) is 1. The van der Waals surface area contributed by atoms with E-state index in [2.05, 4.69) is 13.8 Å². The molecule has 0 heterocycles. The van der Waals surface area contributed by atoms with Crippen molar-refractivity contribution in [3.05, 3.63) is 0 Å². The van der Waals surface area contributed by atoms with E-state index in [1.165, 1.54) is 6.42 Å². The average molecular weight is 279 g/mol. The van der Waals surface area contributed by atoms with Crippen molar-refractivity contribution in [3.63, 3.8) is 0 Å². The zero-order chi connectivity index (χ0) is 12.4. The van der Waals surface area contributed by atoms with Crippen LogP contribution in [-0.4, -0.2) is 23.0 Å². The maximum Gasteiger partial charge on any atom is 0.0767 e. The lowest BCUT2D eigenvalue weighted by atomic mass is 9.80. The van der Waals surface area contributed by atoms with Gasteiger partial charge in [0.25, 0.3) is 0 Å². The highest BCUT2D eigenvalue weighted by Gasteiger charge is 2.35. The van der Waals surface area contributed by atoms with Gasteiger partial charge in [-0.25, -0.2) is 0 Å². The van der Waals surface area contributed by atoms with Crippen molar-refractivity contribution >= 4 is 23.2 Å². The molecule has 0 saturated heterocycles. The van der Waals surface area contributed by atoms with Gasteiger partial charge in [0.2, 0.25) is 0 Å². The third-order valence-corrected chi connectivity index (χ3v) is 5.14. The Morgan fingerprint density at radius 2 is 1.59 bits per heavy atom. The normalized spacial score (nSPS) is 48.0. The van der Waals surface area contributed by atoms with Gasteiger partial charge < -0.3 is 4.74 Å². The van der Waals surface area contributed by atoms with Gasteiger partial charge >= 0.3 is 0 Å². The van der Waals surface area contributed by atoms with E-state index in [1.54, 1.807) is 0 Å². The molecule has 0 aliphatic heterocycles. The smallest absolute Gasteiger partial charge is 0.0767 e.